The highest BCUT2D eigenvalue weighted by atomic mass is 16.2. The summed E-state index contributed by atoms with van der Waals surface area (Å²) in [6.45, 7) is 6.37. The number of piperazine rings is 1. The van der Waals surface area contributed by atoms with Gasteiger partial charge in [-0.3, -0.25) is 9.59 Å². The van der Waals surface area contributed by atoms with E-state index in [0.717, 1.165) is 68.8 Å². The topological polar surface area (TPSA) is 55.9 Å². The number of carbonyl (C=O) groups is 2. The second-order valence-electron chi connectivity index (χ2n) is 9.88. The van der Waals surface area contributed by atoms with Crippen LogP contribution in [0.4, 0.5) is 11.4 Å². The maximum absolute atomic E-state index is 14.0. The van der Waals surface area contributed by atoms with Gasteiger partial charge in [-0.15, -0.1) is 0 Å². The smallest absolute Gasteiger partial charge is 0.256 e. The van der Waals surface area contributed by atoms with Gasteiger partial charge in [-0.1, -0.05) is 29.8 Å². The minimum Gasteiger partial charge on any atom is -0.371 e. The van der Waals surface area contributed by atoms with E-state index in [-0.39, 0.29) is 23.8 Å². The van der Waals surface area contributed by atoms with Crippen LogP contribution in [0, 0.1) is 12.8 Å². The number of amides is 2. The molecule has 1 aliphatic carbocycles. The van der Waals surface area contributed by atoms with Crippen LogP contribution in [0.25, 0.3) is 0 Å². The summed E-state index contributed by atoms with van der Waals surface area (Å²) in [5, 5.41) is 3.06. The average molecular weight is 447 g/mol. The van der Waals surface area contributed by atoms with Gasteiger partial charge in [0.1, 0.15) is 0 Å². The van der Waals surface area contributed by atoms with E-state index in [9.17, 15) is 9.59 Å². The van der Waals surface area contributed by atoms with E-state index in [1.54, 1.807) is 0 Å². The first-order chi connectivity index (χ1) is 16.0. The van der Waals surface area contributed by atoms with Crippen LogP contribution in [-0.4, -0.2) is 61.4 Å². The van der Waals surface area contributed by atoms with Crippen molar-refractivity contribution < 1.29 is 9.59 Å². The molecule has 0 radical (unpaired) electrons. The summed E-state index contributed by atoms with van der Waals surface area (Å²) >= 11 is 0. The normalized spacial score (nSPS) is 21.3. The number of rotatable bonds is 5. The SMILES string of the molecule is Cc1ccc(C2CN(C)CCN2C(=O)c2ccc(NC(=O)C3CC3)cc2N2CCCC2)cc1. The lowest BCUT2D eigenvalue weighted by atomic mass is 9.99. The molecule has 2 aromatic carbocycles. The van der Waals surface area contributed by atoms with Gasteiger partial charge in [0, 0.05) is 44.3 Å². The molecule has 1 N–H and O–H groups in total. The van der Waals surface area contributed by atoms with Crippen LogP contribution in [0.1, 0.15) is 53.2 Å². The minimum absolute atomic E-state index is 0.0255. The number of anilines is 2. The molecule has 3 aliphatic rings. The molecule has 1 atom stereocenters. The van der Waals surface area contributed by atoms with E-state index in [0.29, 0.717) is 6.54 Å². The number of hydrogen-bond donors (Lipinski definition) is 1. The predicted molar refractivity (Wildman–Crippen MR) is 132 cm³/mol. The van der Waals surface area contributed by atoms with Gasteiger partial charge < -0.3 is 20.0 Å². The summed E-state index contributed by atoms with van der Waals surface area (Å²) in [7, 11) is 2.12. The largest absolute Gasteiger partial charge is 0.371 e. The zero-order chi connectivity index (χ0) is 22.9. The molecule has 3 fully saturated rings. The highest BCUT2D eigenvalue weighted by molar-refractivity contribution is 6.02. The van der Waals surface area contributed by atoms with Crippen molar-refractivity contribution >= 4 is 23.2 Å². The van der Waals surface area contributed by atoms with Crippen molar-refractivity contribution in [3.8, 4) is 0 Å². The number of nitrogens with one attached hydrogen (secondary N) is 1. The summed E-state index contributed by atoms with van der Waals surface area (Å²) in [6, 6.07) is 14.4. The summed E-state index contributed by atoms with van der Waals surface area (Å²) in [4.78, 5) is 32.9. The molecule has 0 aromatic heterocycles. The van der Waals surface area contributed by atoms with Gasteiger partial charge in [-0.2, -0.15) is 0 Å². The van der Waals surface area contributed by atoms with E-state index in [1.807, 2.05) is 23.1 Å². The minimum atomic E-state index is 0.0255. The van der Waals surface area contributed by atoms with E-state index >= 15 is 0 Å². The van der Waals surface area contributed by atoms with Crippen LogP contribution < -0.4 is 10.2 Å². The summed E-state index contributed by atoms with van der Waals surface area (Å²) in [5.74, 6) is 0.331. The van der Waals surface area contributed by atoms with Crippen molar-refractivity contribution in [2.45, 2.75) is 38.6 Å². The molecule has 0 bridgehead atoms. The maximum atomic E-state index is 14.0. The molecule has 6 heteroatoms. The van der Waals surface area contributed by atoms with Crippen LogP contribution >= 0.6 is 0 Å². The van der Waals surface area contributed by atoms with Crippen LogP contribution in [0.3, 0.4) is 0 Å². The molecule has 2 heterocycles. The highest BCUT2D eigenvalue weighted by Gasteiger charge is 2.33. The van der Waals surface area contributed by atoms with Crippen molar-refractivity contribution in [3.05, 3.63) is 59.2 Å². The van der Waals surface area contributed by atoms with Crippen LogP contribution in [-0.2, 0) is 4.79 Å². The monoisotopic (exact) mass is 446 g/mol. The van der Waals surface area contributed by atoms with Crippen LogP contribution in [0.2, 0.25) is 0 Å². The molecule has 2 aromatic rings. The van der Waals surface area contributed by atoms with E-state index < -0.39 is 0 Å². The summed E-state index contributed by atoms with van der Waals surface area (Å²) in [5.41, 5.74) is 4.88. The van der Waals surface area contributed by atoms with Crippen molar-refractivity contribution in [3.63, 3.8) is 0 Å². The average Bonchev–Trinajstić information content (AvgIpc) is 3.53. The molecule has 2 saturated heterocycles. The van der Waals surface area contributed by atoms with Crippen molar-refractivity contribution in [1.82, 2.24) is 9.80 Å². The van der Waals surface area contributed by atoms with E-state index in [4.69, 9.17) is 0 Å². The zero-order valence-corrected chi connectivity index (χ0v) is 19.7. The first-order valence-electron chi connectivity index (χ1n) is 12.3. The number of benzene rings is 2. The molecular weight excluding hydrogens is 412 g/mol. The number of likely N-dealkylation sites (N-methyl/N-ethyl adjacent to an activating group) is 1. The van der Waals surface area contributed by atoms with Crippen molar-refractivity contribution in [2.24, 2.45) is 5.92 Å². The number of nitrogens with zero attached hydrogens (tertiary/aromatic N) is 3. The third-order valence-corrected chi connectivity index (χ3v) is 7.20. The molecule has 2 aliphatic heterocycles. The van der Waals surface area contributed by atoms with E-state index in [2.05, 4.69) is 53.4 Å². The quantitative estimate of drug-likeness (QED) is 0.752. The van der Waals surface area contributed by atoms with Crippen LogP contribution in [0.5, 0.6) is 0 Å². The molecular formula is C27H34N4O2. The van der Waals surface area contributed by atoms with E-state index in [1.165, 1.54) is 11.1 Å². The molecule has 33 heavy (non-hydrogen) atoms. The standard InChI is InChI=1S/C27H34N4O2/c1-19-5-7-20(8-6-19)25-18-29(2)15-16-31(25)27(33)23-12-11-22(28-26(32)21-9-10-21)17-24(23)30-13-3-4-14-30/h5-8,11-12,17,21,25H,3-4,9-10,13-16,18H2,1-2H3,(H,28,32). The Morgan fingerprint density at radius 3 is 2.36 bits per heavy atom. The molecule has 5 rings (SSSR count). The third kappa shape index (κ3) is 4.76. The Hall–Kier alpha value is -2.86. The molecule has 0 spiro atoms. The Morgan fingerprint density at radius 2 is 1.67 bits per heavy atom. The lowest BCUT2D eigenvalue weighted by molar-refractivity contribution is -0.117. The first kappa shape index (κ1) is 22.0. The molecule has 6 nitrogen and oxygen atoms in total. The highest BCUT2D eigenvalue weighted by Crippen LogP contribution is 2.34. The molecule has 1 saturated carbocycles. The fraction of sp³-hybridized carbons (Fsp3) is 0.481. The second kappa shape index (κ2) is 9.18. The first-order valence-corrected chi connectivity index (χ1v) is 12.3. The lowest BCUT2D eigenvalue weighted by Crippen LogP contribution is -2.49. The number of hydrogen-bond acceptors (Lipinski definition) is 4. The van der Waals surface area contributed by atoms with Crippen molar-refractivity contribution in [2.75, 3.05) is 50.0 Å². The van der Waals surface area contributed by atoms with Crippen LogP contribution in [0.15, 0.2) is 42.5 Å². The number of carbonyl (C=O) groups excluding carboxylic acids is 2. The Balaban J connectivity index is 1.46. The van der Waals surface area contributed by atoms with Crippen molar-refractivity contribution in [1.29, 1.82) is 0 Å². The lowest BCUT2D eigenvalue weighted by Gasteiger charge is -2.41. The fourth-order valence-corrected chi connectivity index (χ4v) is 4.99. The second-order valence-corrected chi connectivity index (χ2v) is 9.88. The van der Waals surface area contributed by atoms with Gasteiger partial charge in [0.25, 0.3) is 5.91 Å². The molecule has 174 valence electrons. The Kier molecular flexibility index (Phi) is 6.11. The Bertz CT molecular complexity index is 1020. The molecule has 1 unspecified atom stereocenters. The maximum Gasteiger partial charge on any atom is 0.256 e. The van der Waals surface area contributed by atoms with Gasteiger partial charge in [0.05, 0.1) is 17.3 Å². The van der Waals surface area contributed by atoms with Gasteiger partial charge in [-0.05, 0) is 63.4 Å². The molecule has 2 amide bonds. The van der Waals surface area contributed by atoms with Gasteiger partial charge >= 0.3 is 0 Å². The zero-order valence-electron chi connectivity index (χ0n) is 19.7. The van der Waals surface area contributed by atoms with Gasteiger partial charge in [0.2, 0.25) is 5.91 Å². The summed E-state index contributed by atoms with van der Waals surface area (Å²) in [6.07, 6.45) is 4.22. The van der Waals surface area contributed by atoms with Gasteiger partial charge in [-0.25, -0.2) is 0 Å². The Labute approximate surface area is 196 Å². The number of aryl methyl sites for hydroxylation is 1. The Morgan fingerprint density at radius 1 is 0.939 bits per heavy atom. The fourth-order valence-electron chi connectivity index (χ4n) is 4.99. The predicted octanol–water partition coefficient (Wildman–Crippen LogP) is 4.07. The summed E-state index contributed by atoms with van der Waals surface area (Å²) < 4.78 is 0. The third-order valence-electron chi connectivity index (χ3n) is 7.20. The van der Waals surface area contributed by atoms with Gasteiger partial charge in [0.15, 0.2) is 0 Å².